The van der Waals surface area contributed by atoms with E-state index < -0.39 is 0 Å². The second kappa shape index (κ2) is 9.05. The number of nitrogens with one attached hydrogen (secondary N) is 1. The minimum absolute atomic E-state index is 0.0975. The molecule has 7 nitrogen and oxygen atoms in total. The molecule has 146 valence electrons. The van der Waals surface area contributed by atoms with E-state index in [1.807, 2.05) is 11.7 Å². The van der Waals surface area contributed by atoms with Crippen LogP contribution in [0, 0.1) is 11.8 Å². The molecule has 1 aliphatic heterocycles. The number of aryl methyl sites for hydroxylation is 2. The Morgan fingerprint density at radius 2 is 2.04 bits per heavy atom. The number of aromatic nitrogens is 2. The standard InChI is InChI=1S/C19H33N5O2/c1-7-16-14(17(8-2)23(5)22-16)10-21-19(20-9-3)24-11-13(4)15(12-24)18(25)26-6/h13,15H,7-12H2,1-6H3,(H,20,21). The molecule has 1 aromatic rings. The molecule has 0 aromatic carbocycles. The maximum atomic E-state index is 12.0. The third-order valence-corrected chi connectivity index (χ3v) is 5.17. The molecule has 1 fully saturated rings. The van der Waals surface area contributed by atoms with Crippen molar-refractivity contribution in [2.75, 3.05) is 26.7 Å². The van der Waals surface area contributed by atoms with E-state index in [-0.39, 0.29) is 17.8 Å². The summed E-state index contributed by atoms with van der Waals surface area (Å²) in [4.78, 5) is 19.0. The van der Waals surface area contributed by atoms with Gasteiger partial charge < -0.3 is 15.0 Å². The fourth-order valence-electron chi connectivity index (χ4n) is 3.75. The molecule has 1 aromatic heterocycles. The van der Waals surface area contributed by atoms with Crippen LogP contribution in [0.3, 0.4) is 0 Å². The third kappa shape index (κ3) is 4.19. The monoisotopic (exact) mass is 363 g/mol. The highest BCUT2D eigenvalue weighted by molar-refractivity contribution is 5.82. The molecule has 2 atom stereocenters. The number of ether oxygens (including phenoxy) is 1. The lowest BCUT2D eigenvalue weighted by Crippen LogP contribution is -2.40. The largest absolute Gasteiger partial charge is 0.469 e. The number of hydrogen-bond donors (Lipinski definition) is 1. The van der Waals surface area contributed by atoms with Crippen molar-refractivity contribution in [2.24, 2.45) is 23.9 Å². The Balaban J connectivity index is 2.22. The first-order valence-electron chi connectivity index (χ1n) is 9.61. The van der Waals surface area contributed by atoms with E-state index >= 15 is 0 Å². The van der Waals surface area contributed by atoms with Gasteiger partial charge >= 0.3 is 5.97 Å². The molecule has 0 spiro atoms. The average molecular weight is 364 g/mol. The van der Waals surface area contributed by atoms with Crippen LogP contribution in [0.1, 0.15) is 44.6 Å². The molecule has 0 aliphatic carbocycles. The normalized spacial score (nSPS) is 20.5. The van der Waals surface area contributed by atoms with Gasteiger partial charge in [-0.1, -0.05) is 20.8 Å². The van der Waals surface area contributed by atoms with Gasteiger partial charge in [-0.2, -0.15) is 5.10 Å². The number of guanidine groups is 1. The fraction of sp³-hybridized carbons (Fsp3) is 0.737. The van der Waals surface area contributed by atoms with Crippen LogP contribution < -0.4 is 5.32 Å². The van der Waals surface area contributed by atoms with Crippen molar-refractivity contribution in [1.29, 1.82) is 0 Å². The molecule has 7 heteroatoms. The Bertz CT molecular complexity index is 653. The van der Waals surface area contributed by atoms with Gasteiger partial charge in [0.05, 0.1) is 25.3 Å². The van der Waals surface area contributed by atoms with E-state index in [9.17, 15) is 4.79 Å². The van der Waals surface area contributed by atoms with Gasteiger partial charge in [0, 0.05) is 37.9 Å². The summed E-state index contributed by atoms with van der Waals surface area (Å²) >= 11 is 0. The number of rotatable bonds is 6. The zero-order valence-electron chi connectivity index (χ0n) is 17.0. The van der Waals surface area contributed by atoms with Gasteiger partial charge in [0.15, 0.2) is 5.96 Å². The highest BCUT2D eigenvalue weighted by atomic mass is 16.5. The van der Waals surface area contributed by atoms with E-state index in [4.69, 9.17) is 9.73 Å². The van der Waals surface area contributed by atoms with E-state index in [0.29, 0.717) is 13.1 Å². The second-order valence-electron chi connectivity index (χ2n) is 6.88. The van der Waals surface area contributed by atoms with E-state index in [1.54, 1.807) is 0 Å². The molecule has 1 saturated heterocycles. The Morgan fingerprint density at radius 3 is 2.62 bits per heavy atom. The summed E-state index contributed by atoms with van der Waals surface area (Å²) in [5, 5.41) is 8.00. The van der Waals surface area contributed by atoms with E-state index in [2.05, 4.69) is 43.0 Å². The Hall–Kier alpha value is -2.05. The zero-order valence-corrected chi connectivity index (χ0v) is 17.0. The lowest BCUT2D eigenvalue weighted by atomic mass is 9.99. The summed E-state index contributed by atoms with van der Waals surface area (Å²) in [5.41, 5.74) is 3.58. The first kappa shape index (κ1) is 20.3. The number of carbonyl (C=O) groups excluding carboxylic acids is 1. The van der Waals surface area contributed by atoms with E-state index in [1.165, 1.54) is 18.4 Å². The predicted octanol–water partition coefficient (Wildman–Crippen LogP) is 1.75. The maximum absolute atomic E-state index is 12.0. The van der Waals surface area contributed by atoms with Crippen molar-refractivity contribution in [3.63, 3.8) is 0 Å². The average Bonchev–Trinajstić information content (AvgIpc) is 3.17. The molecule has 2 rings (SSSR count). The number of likely N-dealkylation sites (tertiary alicyclic amines) is 1. The second-order valence-corrected chi connectivity index (χ2v) is 6.88. The third-order valence-electron chi connectivity index (χ3n) is 5.17. The number of methoxy groups -OCH3 is 1. The lowest BCUT2D eigenvalue weighted by molar-refractivity contribution is -0.145. The maximum Gasteiger partial charge on any atom is 0.310 e. The first-order valence-corrected chi connectivity index (χ1v) is 9.61. The van der Waals surface area contributed by atoms with Crippen molar-refractivity contribution in [3.05, 3.63) is 17.0 Å². The SMILES string of the molecule is CCNC(=NCc1c(CC)nn(C)c1CC)N1CC(C)C(C(=O)OC)C1. The fourth-order valence-corrected chi connectivity index (χ4v) is 3.75. The summed E-state index contributed by atoms with van der Waals surface area (Å²) in [6.45, 7) is 11.3. The molecule has 0 saturated carbocycles. The van der Waals surface area contributed by atoms with Gasteiger partial charge in [-0.05, 0) is 25.7 Å². The Morgan fingerprint density at radius 1 is 1.31 bits per heavy atom. The highest BCUT2D eigenvalue weighted by Crippen LogP contribution is 2.24. The zero-order chi connectivity index (χ0) is 19.3. The van der Waals surface area contributed by atoms with Crippen LogP contribution in [0.25, 0.3) is 0 Å². The van der Waals surface area contributed by atoms with Gasteiger partial charge in [0.1, 0.15) is 0 Å². The summed E-state index contributed by atoms with van der Waals surface area (Å²) < 4.78 is 6.92. The number of nitrogens with zero attached hydrogens (tertiary/aromatic N) is 4. The number of aliphatic imine (C=N–C) groups is 1. The Kier molecular flexibility index (Phi) is 7.06. The van der Waals surface area contributed by atoms with Gasteiger partial charge in [-0.3, -0.25) is 9.48 Å². The van der Waals surface area contributed by atoms with Crippen LogP contribution in [0.5, 0.6) is 0 Å². The van der Waals surface area contributed by atoms with Crippen LogP contribution in [0.15, 0.2) is 4.99 Å². The molecular weight excluding hydrogens is 330 g/mol. The van der Waals surface area contributed by atoms with Crippen LogP contribution in [0.2, 0.25) is 0 Å². The summed E-state index contributed by atoms with van der Waals surface area (Å²) in [6.07, 6.45) is 1.84. The summed E-state index contributed by atoms with van der Waals surface area (Å²) in [7, 11) is 3.46. The van der Waals surface area contributed by atoms with Crippen molar-refractivity contribution in [1.82, 2.24) is 20.0 Å². The topological polar surface area (TPSA) is 71.8 Å². The lowest BCUT2D eigenvalue weighted by Gasteiger charge is -2.21. The number of carbonyl (C=O) groups is 1. The van der Waals surface area contributed by atoms with Gasteiger partial charge in [0.2, 0.25) is 0 Å². The minimum Gasteiger partial charge on any atom is -0.469 e. The van der Waals surface area contributed by atoms with Crippen molar-refractivity contribution >= 4 is 11.9 Å². The predicted molar refractivity (Wildman–Crippen MR) is 103 cm³/mol. The van der Waals surface area contributed by atoms with Crippen molar-refractivity contribution < 1.29 is 9.53 Å². The van der Waals surface area contributed by atoms with E-state index in [0.717, 1.165) is 37.6 Å². The Labute approximate surface area is 156 Å². The molecule has 0 radical (unpaired) electrons. The van der Waals surface area contributed by atoms with Crippen LogP contribution in [-0.4, -0.2) is 53.4 Å². The first-order chi connectivity index (χ1) is 12.5. The molecular formula is C19H33N5O2. The van der Waals surface area contributed by atoms with Crippen molar-refractivity contribution in [3.8, 4) is 0 Å². The van der Waals surface area contributed by atoms with Gasteiger partial charge in [-0.25, -0.2) is 4.99 Å². The minimum atomic E-state index is -0.135. The molecule has 1 N–H and O–H groups in total. The van der Waals surface area contributed by atoms with Gasteiger partial charge in [-0.15, -0.1) is 0 Å². The summed E-state index contributed by atoms with van der Waals surface area (Å²) in [6, 6.07) is 0. The molecule has 0 amide bonds. The molecule has 2 unspecified atom stereocenters. The molecule has 1 aliphatic rings. The number of esters is 1. The number of hydrogen-bond acceptors (Lipinski definition) is 4. The van der Waals surface area contributed by atoms with Gasteiger partial charge in [0.25, 0.3) is 0 Å². The highest BCUT2D eigenvalue weighted by Gasteiger charge is 2.36. The molecule has 26 heavy (non-hydrogen) atoms. The molecule has 2 heterocycles. The van der Waals surface area contributed by atoms with Crippen LogP contribution >= 0.6 is 0 Å². The molecule has 0 bridgehead atoms. The van der Waals surface area contributed by atoms with Crippen molar-refractivity contribution in [2.45, 2.75) is 47.1 Å². The quantitative estimate of drug-likeness (QED) is 0.474. The summed E-state index contributed by atoms with van der Waals surface area (Å²) in [5.74, 6) is 0.880. The smallest absolute Gasteiger partial charge is 0.310 e. The van der Waals surface area contributed by atoms with Crippen LogP contribution in [-0.2, 0) is 36.0 Å². The van der Waals surface area contributed by atoms with Crippen LogP contribution in [0.4, 0.5) is 0 Å².